The summed E-state index contributed by atoms with van der Waals surface area (Å²) in [7, 11) is 0. The molecule has 0 saturated heterocycles. The van der Waals surface area contributed by atoms with Gasteiger partial charge in [-0.3, -0.25) is 4.98 Å². The normalized spacial score (nSPS) is 12.6. The van der Waals surface area contributed by atoms with E-state index in [1.165, 1.54) is 10.4 Å². The van der Waals surface area contributed by atoms with Crippen LogP contribution in [0.3, 0.4) is 0 Å². The number of halogens is 1. The van der Waals surface area contributed by atoms with Crippen molar-refractivity contribution < 1.29 is 0 Å². The molecular weight excluding hydrogens is 252 g/mol. The van der Waals surface area contributed by atoms with Gasteiger partial charge in [0, 0.05) is 22.1 Å². The molecule has 1 unspecified atom stereocenters. The van der Waals surface area contributed by atoms with Gasteiger partial charge in [0.05, 0.1) is 5.51 Å². The fourth-order valence-electron chi connectivity index (χ4n) is 1.77. The van der Waals surface area contributed by atoms with Gasteiger partial charge in [-0.25, -0.2) is 0 Å². The van der Waals surface area contributed by atoms with Crippen LogP contribution in [-0.2, 0) is 6.42 Å². The molecule has 0 saturated carbocycles. The van der Waals surface area contributed by atoms with E-state index in [1.54, 1.807) is 11.3 Å². The number of rotatable bonds is 5. The quantitative estimate of drug-likeness (QED) is 0.893. The van der Waals surface area contributed by atoms with Gasteiger partial charge in [-0.1, -0.05) is 30.7 Å². The van der Waals surface area contributed by atoms with Crippen LogP contribution in [0.1, 0.15) is 23.4 Å². The molecule has 2 rings (SSSR count). The summed E-state index contributed by atoms with van der Waals surface area (Å²) in [4.78, 5) is 5.42. The molecule has 0 radical (unpaired) electrons. The zero-order valence-corrected chi connectivity index (χ0v) is 11.3. The lowest BCUT2D eigenvalue weighted by molar-refractivity contribution is 0.557. The highest BCUT2D eigenvalue weighted by atomic mass is 35.5. The molecule has 2 aromatic rings. The van der Waals surface area contributed by atoms with Crippen LogP contribution in [0.25, 0.3) is 0 Å². The molecule has 1 aromatic heterocycles. The first-order valence-electron chi connectivity index (χ1n) is 5.66. The Kier molecular flexibility index (Phi) is 4.54. The zero-order chi connectivity index (χ0) is 12.1. The van der Waals surface area contributed by atoms with Crippen molar-refractivity contribution in [3.63, 3.8) is 0 Å². The minimum absolute atomic E-state index is 0.341. The molecule has 1 heterocycles. The molecule has 0 amide bonds. The van der Waals surface area contributed by atoms with Crippen molar-refractivity contribution in [1.82, 2.24) is 10.3 Å². The number of likely N-dealkylation sites (N-methyl/N-ethyl adjacent to an activating group) is 1. The topological polar surface area (TPSA) is 24.9 Å². The highest BCUT2D eigenvalue weighted by Gasteiger charge is 2.12. The van der Waals surface area contributed by atoms with Crippen LogP contribution < -0.4 is 5.32 Å². The van der Waals surface area contributed by atoms with Crippen molar-refractivity contribution >= 4 is 22.9 Å². The van der Waals surface area contributed by atoms with E-state index in [0.29, 0.717) is 6.04 Å². The third-order valence-electron chi connectivity index (χ3n) is 2.60. The number of nitrogens with one attached hydrogen (secondary N) is 1. The van der Waals surface area contributed by atoms with Crippen LogP contribution in [-0.4, -0.2) is 11.5 Å². The highest BCUT2D eigenvalue weighted by molar-refractivity contribution is 7.09. The van der Waals surface area contributed by atoms with Crippen LogP contribution in [0.4, 0.5) is 0 Å². The number of nitrogens with zero attached hydrogens (tertiary/aromatic N) is 1. The minimum Gasteiger partial charge on any atom is -0.309 e. The maximum absolute atomic E-state index is 5.89. The fraction of sp³-hybridized carbons (Fsp3) is 0.308. The lowest BCUT2D eigenvalue weighted by Gasteiger charge is -2.16. The van der Waals surface area contributed by atoms with Crippen molar-refractivity contribution in [2.24, 2.45) is 0 Å². The summed E-state index contributed by atoms with van der Waals surface area (Å²) in [6.45, 7) is 3.08. The van der Waals surface area contributed by atoms with Crippen LogP contribution in [0.15, 0.2) is 36.0 Å². The van der Waals surface area contributed by atoms with E-state index in [1.807, 2.05) is 23.8 Å². The molecule has 0 bridgehead atoms. The lowest BCUT2D eigenvalue weighted by Crippen LogP contribution is -2.22. The second kappa shape index (κ2) is 6.15. The molecule has 1 atom stereocenters. The molecule has 0 aliphatic rings. The zero-order valence-electron chi connectivity index (χ0n) is 9.69. The first-order chi connectivity index (χ1) is 8.29. The third-order valence-corrected chi connectivity index (χ3v) is 3.74. The second-order valence-electron chi connectivity index (χ2n) is 3.84. The van der Waals surface area contributed by atoms with E-state index in [-0.39, 0.29) is 0 Å². The number of thiazole rings is 1. The van der Waals surface area contributed by atoms with E-state index in [9.17, 15) is 0 Å². The van der Waals surface area contributed by atoms with E-state index >= 15 is 0 Å². The van der Waals surface area contributed by atoms with Gasteiger partial charge in [0.25, 0.3) is 0 Å². The summed E-state index contributed by atoms with van der Waals surface area (Å²) >= 11 is 7.58. The van der Waals surface area contributed by atoms with Gasteiger partial charge in [0.15, 0.2) is 0 Å². The van der Waals surface area contributed by atoms with E-state index in [0.717, 1.165) is 18.0 Å². The molecule has 0 fully saturated rings. The van der Waals surface area contributed by atoms with E-state index in [4.69, 9.17) is 11.6 Å². The van der Waals surface area contributed by atoms with Gasteiger partial charge < -0.3 is 5.32 Å². The number of benzene rings is 1. The van der Waals surface area contributed by atoms with Crippen molar-refractivity contribution in [3.8, 4) is 0 Å². The van der Waals surface area contributed by atoms with E-state index in [2.05, 4.69) is 29.4 Å². The maximum Gasteiger partial charge on any atom is 0.0794 e. The molecule has 1 N–H and O–H groups in total. The molecule has 2 nitrogen and oxygen atoms in total. The van der Waals surface area contributed by atoms with Crippen LogP contribution >= 0.6 is 22.9 Å². The molecule has 1 aromatic carbocycles. The van der Waals surface area contributed by atoms with Gasteiger partial charge in [0.2, 0.25) is 0 Å². The summed E-state index contributed by atoms with van der Waals surface area (Å²) in [5.74, 6) is 0. The average molecular weight is 267 g/mol. The maximum atomic E-state index is 5.89. The monoisotopic (exact) mass is 266 g/mol. The Balaban J connectivity index is 2.10. The van der Waals surface area contributed by atoms with Crippen molar-refractivity contribution in [2.45, 2.75) is 19.4 Å². The summed E-state index contributed by atoms with van der Waals surface area (Å²) in [5, 5.41) is 4.27. The molecular formula is C13H15ClN2S. The minimum atomic E-state index is 0.341. The predicted molar refractivity (Wildman–Crippen MR) is 73.7 cm³/mol. The predicted octanol–water partition coefficient (Wildman–Crippen LogP) is 3.69. The van der Waals surface area contributed by atoms with Gasteiger partial charge in [0.1, 0.15) is 0 Å². The Bertz CT molecular complexity index is 439. The molecule has 4 heteroatoms. The van der Waals surface area contributed by atoms with Gasteiger partial charge in [-0.2, -0.15) is 0 Å². The molecule has 90 valence electrons. The highest BCUT2D eigenvalue weighted by Crippen LogP contribution is 2.22. The summed E-state index contributed by atoms with van der Waals surface area (Å²) in [6.07, 6.45) is 2.90. The third kappa shape index (κ3) is 3.53. The van der Waals surface area contributed by atoms with Crippen LogP contribution in [0.5, 0.6) is 0 Å². The summed E-state index contributed by atoms with van der Waals surface area (Å²) in [5.41, 5.74) is 3.16. The Hall–Kier alpha value is -0.900. The van der Waals surface area contributed by atoms with Crippen molar-refractivity contribution in [1.29, 1.82) is 0 Å². The number of aromatic nitrogens is 1. The first kappa shape index (κ1) is 12.6. The lowest BCUT2D eigenvalue weighted by atomic mass is 10.1. The summed E-state index contributed by atoms with van der Waals surface area (Å²) < 4.78 is 0. The largest absolute Gasteiger partial charge is 0.309 e. The Morgan fingerprint density at radius 3 is 2.71 bits per heavy atom. The van der Waals surface area contributed by atoms with Crippen LogP contribution in [0.2, 0.25) is 5.02 Å². The average Bonchev–Trinajstić information content (AvgIpc) is 2.85. The molecule has 17 heavy (non-hydrogen) atoms. The number of hydrogen-bond donors (Lipinski definition) is 1. The Morgan fingerprint density at radius 1 is 1.35 bits per heavy atom. The van der Waals surface area contributed by atoms with E-state index < -0.39 is 0 Å². The Labute approximate surface area is 111 Å². The second-order valence-corrected chi connectivity index (χ2v) is 5.20. The smallest absolute Gasteiger partial charge is 0.0794 e. The van der Waals surface area contributed by atoms with Gasteiger partial charge in [-0.15, -0.1) is 11.3 Å². The van der Waals surface area contributed by atoms with Gasteiger partial charge in [-0.05, 0) is 30.7 Å². The molecule has 0 aliphatic heterocycles. The van der Waals surface area contributed by atoms with Crippen molar-refractivity contribution in [3.05, 3.63) is 51.4 Å². The first-order valence-corrected chi connectivity index (χ1v) is 6.91. The Morgan fingerprint density at radius 2 is 2.12 bits per heavy atom. The van der Waals surface area contributed by atoms with Crippen molar-refractivity contribution in [2.75, 3.05) is 6.54 Å². The standard InChI is InChI=1S/C13H15ClN2S/c1-2-16-12(13-8-15-9-17-13)7-10-3-5-11(14)6-4-10/h3-6,8-9,12,16H,2,7H2,1H3. The summed E-state index contributed by atoms with van der Waals surface area (Å²) in [6, 6.07) is 8.37. The fourth-order valence-corrected chi connectivity index (χ4v) is 2.60. The molecule has 0 spiro atoms. The molecule has 0 aliphatic carbocycles. The van der Waals surface area contributed by atoms with Crippen LogP contribution in [0, 0.1) is 0 Å². The van der Waals surface area contributed by atoms with Gasteiger partial charge >= 0.3 is 0 Å². The SMILES string of the molecule is CCNC(Cc1ccc(Cl)cc1)c1cncs1. The number of hydrogen-bond acceptors (Lipinski definition) is 3.